The SMILES string of the molecule is Cc1cccc(CNCC(=O)NCc2ccccc2C)c1. The Morgan fingerprint density at radius 3 is 2.57 bits per heavy atom. The van der Waals surface area contributed by atoms with E-state index < -0.39 is 0 Å². The van der Waals surface area contributed by atoms with E-state index in [-0.39, 0.29) is 5.91 Å². The Hall–Kier alpha value is -2.13. The Labute approximate surface area is 126 Å². The molecule has 0 saturated carbocycles. The summed E-state index contributed by atoms with van der Waals surface area (Å²) in [4.78, 5) is 11.8. The van der Waals surface area contributed by atoms with Crippen LogP contribution in [0.5, 0.6) is 0 Å². The van der Waals surface area contributed by atoms with Gasteiger partial charge in [-0.2, -0.15) is 0 Å². The molecule has 3 nitrogen and oxygen atoms in total. The first kappa shape index (κ1) is 15.3. The number of nitrogens with one attached hydrogen (secondary N) is 2. The number of hydrogen-bond acceptors (Lipinski definition) is 2. The van der Waals surface area contributed by atoms with Crippen LogP contribution in [0.15, 0.2) is 48.5 Å². The molecule has 2 rings (SSSR count). The maximum Gasteiger partial charge on any atom is 0.234 e. The van der Waals surface area contributed by atoms with Crippen LogP contribution in [0, 0.1) is 13.8 Å². The van der Waals surface area contributed by atoms with E-state index in [9.17, 15) is 4.79 Å². The van der Waals surface area contributed by atoms with Gasteiger partial charge in [0.25, 0.3) is 0 Å². The summed E-state index contributed by atoms with van der Waals surface area (Å²) in [6.45, 7) is 5.74. The summed E-state index contributed by atoms with van der Waals surface area (Å²) >= 11 is 0. The van der Waals surface area contributed by atoms with E-state index in [0.29, 0.717) is 19.6 Å². The lowest BCUT2D eigenvalue weighted by Gasteiger charge is -2.09. The molecule has 0 heterocycles. The van der Waals surface area contributed by atoms with Gasteiger partial charge in [-0.3, -0.25) is 4.79 Å². The van der Waals surface area contributed by atoms with Crippen LogP contribution in [0.25, 0.3) is 0 Å². The largest absolute Gasteiger partial charge is 0.351 e. The first-order valence-electron chi connectivity index (χ1n) is 7.22. The summed E-state index contributed by atoms with van der Waals surface area (Å²) in [6, 6.07) is 16.4. The van der Waals surface area contributed by atoms with Crippen LogP contribution in [-0.4, -0.2) is 12.5 Å². The molecule has 0 aliphatic carbocycles. The molecule has 0 fully saturated rings. The lowest BCUT2D eigenvalue weighted by Crippen LogP contribution is -2.33. The Morgan fingerprint density at radius 2 is 1.81 bits per heavy atom. The number of aryl methyl sites for hydroxylation is 2. The molecule has 0 saturated heterocycles. The standard InChI is InChI=1S/C18H22N2O/c1-14-6-5-8-16(10-14)11-19-13-18(21)20-12-17-9-4-3-7-15(17)2/h3-10,19H,11-13H2,1-2H3,(H,20,21). The van der Waals surface area contributed by atoms with Gasteiger partial charge < -0.3 is 10.6 Å². The predicted octanol–water partition coefficient (Wildman–Crippen LogP) is 2.71. The van der Waals surface area contributed by atoms with Gasteiger partial charge in [0.2, 0.25) is 5.91 Å². The average molecular weight is 282 g/mol. The maximum atomic E-state index is 11.8. The van der Waals surface area contributed by atoms with E-state index in [0.717, 1.165) is 5.56 Å². The van der Waals surface area contributed by atoms with Crippen molar-refractivity contribution in [2.75, 3.05) is 6.54 Å². The summed E-state index contributed by atoms with van der Waals surface area (Å²) in [5, 5.41) is 6.10. The third-order valence-corrected chi connectivity index (χ3v) is 3.43. The molecule has 3 heteroatoms. The molecule has 21 heavy (non-hydrogen) atoms. The van der Waals surface area contributed by atoms with Crippen molar-refractivity contribution < 1.29 is 4.79 Å². The third kappa shape index (κ3) is 5.04. The van der Waals surface area contributed by atoms with Crippen molar-refractivity contribution in [1.82, 2.24) is 10.6 Å². The topological polar surface area (TPSA) is 41.1 Å². The molecule has 0 unspecified atom stereocenters. The van der Waals surface area contributed by atoms with Crippen LogP contribution in [-0.2, 0) is 17.9 Å². The van der Waals surface area contributed by atoms with Crippen molar-refractivity contribution in [3.8, 4) is 0 Å². The highest BCUT2D eigenvalue weighted by Crippen LogP contribution is 2.06. The summed E-state index contributed by atoms with van der Waals surface area (Å²) in [5.41, 5.74) is 4.79. The van der Waals surface area contributed by atoms with Crippen molar-refractivity contribution in [2.45, 2.75) is 26.9 Å². The highest BCUT2D eigenvalue weighted by molar-refractivity contribution is 5.78. The number of carbonyl (C=O) groups is 1. The number of benzene rings is 2. The van der Waals surface area contributed by atoms with Crippen molar-refractivity contribution in [3.05, 3.63) is 70.8 Å². The van der Waals surface area contributed by atoms with E-state index >= 15 is 0 Å². The number of hydrogen-bond donors (Lipinski definition) is 2. The molecule has 0 atom stereocenters. The van der Waals surface area contributed by atoms with Crippen molar-refractivity contribution in [1.29, 1.82) is 0 Å². The van der Waals surface area contributed by atoms with Crippen LogP contribution in [0.4, 0.5) is 0 Å². The monoisotopic (exact) mass is 282 g/mol. The second-order valence-corrected chi connectivity index (χ2v) is 5.30. The molecule has 0 radical (unpaired) electrons. The molecular formula is C18H22N2O. The highest BCUT2D eigenvalue weighted by atomic mass is 16.1. The van der Waals surface area contributed by atoms with Gasteiger partial charge in [0.05, 0.1) is 6.54 Å². The van der Waals surface area contributed by atoms with Crippen LogP contribution >= 0.6 is 0 Å². The van der Waals surface area contributed by atoms with Crippen LogP contribution in [0.3, 0.4) is 0 Å². The van der Waals surface area contributed by atoms with Crippen LogP contribution in [0.1, 0.15) is 22.3 Å². The van der Waals surface area contributed by atoms with Gasteiger partial charge in [0.1, 0.15) is 0 Å². The van der Waals surface area contributed by atoms with E-state index in [1.165, 1.54) is 16.7 Å². The van der Waals surface area contributed by atoms with Crippen molar-refractivity contribution >= 4 is 5.91 Å². The Morgan fingerprint density at radius 1 is 1.00 bits per heavy atom. The Bertz CT molecular complexity index is 608. The van der Waals surface area contributed by atoms with E-state index in [1.807, 2.05) is 24.3 Å². The fraction of sp³-hybridized carbons (Fsp3) is 0.278. The Kier molecular flexibility index (Phi) is 5.52. The normalized spacial score (nSPS) is 10.4. The average Bonchev–Trinajstić information content (AvgIpc) is 2.46. The van der Waals surface area contributed by atoms with Gasteiger partial charge in [0, 0.05) is 13.1 Å². The van der Waals surface area contributed by atoms with Gasteiger partial charge >= 0.3 is 0 Å². The maximum absolute atomic E-state index is 11.8. The zero-order chi connectivity index (χ0) is 15.1. The molecule has 2 aromatic carbocycles. The fourth-order valence-corrected chi connectivity index (χ4v) is 2.21. The summed E-state index contributed by atoms with van der Waals surface area (Å²) in [7, 11) is 0. The van der Waals surface area contributed by atoms with Gasteiger partial charge in [-0.25, -0.2) is 0 Å². The lowest BCUT2D eigenvalue weighted by atomic mass is 10.1. The molecule has 1 amide bonds. The van der Waals surface area contributed by atoms with Gasteiger partial charge in [0.15, 0.2) is 0 Å². The minimum absolute atomic E-state index is 0.0194. The predicted molar refractivity (Wildman–Crippen MR) is 85.9 cm³/mol. The third-order valence-electron chi connectivity index (χ3n) is 3.43. The second kappa shape index (κ2) is 7.60. The van der Waals surface area contributed by atoms with E-state index in [1.54, 1.807) is 0 Å². The number of amides is 1. The smallest absolute Gasteiger partial charge is 0.234 e. The van der Waals surface area contributed by atoms with Gasteiger partial charge in [-0.1, -0.05) is 54.1 Å². The first-order valence-corrected chi connectivity index (χ1v) is 7.22. The minimum Gasteiger partial charge on any atom is -0.351 e. The molecule has 2 aromatic rings. The fourth-order valence-electron chi connectivity index (χ4n) is 2.21. The second-order valence-electron chi connectivity index (χ2n) is 5.30. The molecule has 110 valence electrons. The molecule has 0 aromatic heterocycles. The molecule has 0 aliphatic rings. The van der Waals surface area contributed by atoms with Gasteiger partial charge in [-0.05, 0) is 30.5 Å². The summed E-state index contributed by atoms with van der Waals surface area (Å²) in [6.07, 6.45) is 0. The van der Waals surface area contributed by atoms with Gasteiger partial charge in [-0.15, -0.1) is 0 Å². The molecule has 0 aliphatic heterocycles. The highest BCUT2D eigenvalue weighted by Gasteiger charge is 2.02. The zero-order valence-electron chi connectivity index (χ0n) is 12.6. The lowest BCUT2D eigenvalue weighted by molar-refractivity contribution is -0.120. The summed E-state index contributed by atoms with van der Waals surface area (Å²) < 4.78 is 0. The van der Waals surface area contributed by atoms with Crippen molar-refractivity contribution in [2.24, 2.45) is 0 Å². The number of carbonyl (C=O) groups excluding carboxylic acids is 1. The van der Waals surface area contributed by atoms with E-state index in [4.69, 9.17) is 0 Å². The number of rotatable bonds is 6. The Balaban J connectivity index is 1.72. The van der Waals surface area contributed by atoms with Crippen LogP contribution in [0.2, 0.25) is 0 Å². The minimum atomic E-state index is 0.0194. The molecule has 0 bridgehead atoms. The first-order chi connectivity index (χ1) is 10.1. The quantitative estimate of drug-likeness (QED) is 0.855. The molecule has 2 N–H and O–H groups in total. The van der Waals surface area contributed by atoms with Crippen molar-refractivity contribution in [3.63, 3.8) is 0 Å². The zero-order valence-corrected chi connectivity index (χ0v) is 12.6. The van der Waals surface area contributed by atoms with Crippen LogP contribution < -0.4 is 10.6 Å². The molecular weight excluding hydrogens is 260 g/mol. The summed E-state index contributed by atoms with van der Waals surface area (Å²) in [5.74, 6) is 0.0194. The van der Waals surface area contributed by atoms with E-state index in [2.05, 4.69) is 48.7 Å². The molecule has 0 spiro atoms.